The van der Waals surface area contributed by atoms with Gasteiger partial charge < -0.3 is 21.1 Å². The minimum Gasteiger partial charge on any atom is -0.390 e. The van der Waals surface area contributed by atoms with Crippen molar-refractivity contribution in [3.8, 4) is 11.8 Å². The average molecular weight is 480 g/mol. The molecule has 1 aliphatic carbocycles. The molecule has 0 radical (unpaired) electrons. The summed E-state index contributed by atoms with van der Waals surface area (Å²) in [5, 5.41) is 18.4. The molecule has 1 amide bonds. The lowest BCUT2D eigenvalue weighted by Gasteiger charge is -2.22. The van der Waals surface area contributed by atoms with E-state index in [4.69, 9.17) is 0 Å². The van der Waals surface area contributed by atoms with E-state index in [0.717, 1.165) is 4.31 Å². The number of hydrogen-bond donors (Lipinski definition) is 4. The molecular weight excluding hydrogens is 442 g/mol. The number of nitrogens with zero attached hydrogens (tertiary/aromatic N) is 2. The molecule has 2 rings (SSSR count). The number of hydrogen-bond acceptors (Lipinski definition) is 7. The summed E-state index contributed by atoms with van der Waals surface area (Å²) >= 11 is 0. The minimum atomic E-state index is -3.61. The number of sulfonamides is 1. The smallest absolute Gasteiger partial charge is 0.251 e. The Hall–Kier alpha value is -2.35. The molecule has 1 aromatic rings. The molecule has 9 nitrogen and oxygen atoms in total. The highest BCUT2D eigenvalue weighted by atomic mass is 32.2. The topological polar surface area (TPSA) is 124 Å². The van der Waals surface area contributed by atoms with Crippen LogP contribution in [0.3, 0.4) is 0 Å². The summed E-state index contributed by atoms with van der Waals surface area (Å²) in [6.45, 7) is 8.72. The lowest BCUT2D eigenvalue weighted by molar-refractivity contribution is 0.0916. The third-order valence-corrected chi connectivity index (χ3v) is 7.18. The first-order valence-corrected chi connectivity index (χ1v) is 12.9. The second-order valence-corrected chi connectivity index (χ2v) is 11.5. The summed E-state index contributed by atoms with van der Waals surface area (Å²) in [5.74, 6) is 7.18. The van der Waals surface area contributed by atoms with Crippen molar-refractivity contribution in [2.24, 2.45) is 11.8 Å². The normalized spacial score (nSPS) is 14.5. The highest BCUT2D eigenvalue weighted by Crippen LogP contribution is 2.27. The van der Waals surface area contributed by atoms with E-state index in [9.17, 15) is 18.3 Å². The molecule has 1 saturated carbocycles. The van der Waals surface area contributed by atoms with E-state index in [1.165, 1.54) is 26.0 Å². The van der Waals surface area contributed by atoms with E-state index in [0.29, 0.717) is 37.3 Å². The second kappa shape index (κ2) is 12.2. The Bertz CT molecular complexity index is 965. The maximum absolute atomic E-state index is 12.8. The molecule has 0 saturated heterocycles. The summed E-state index contributed by atoms with van der Waals surface area (Å²) < 4.78 is 26.3. The second-order valence-electron chi connectivity index (χ2n) is 9.03. The molecule has 10 heteroatoms. The summed E-state index contributed by atoms with van der Waals surface area (Å²) in [4.78, 5) is 17.2. The predicted octanol–water partition coefficient (Wildman–Crippen LogP) is 1.42. The Kier molecular flexibility index (Phi) is 9.95. The lowest BCUT2D eigenvalue weighted by atomic mass is 10.2. The summed E-state index contributed by atoms with van der Waals surface area (Å²) in [5.41, 5.74) is 0.257. The van der Waals surface area contributed by atoms with Gasteiger partial charge in [0.1, 0.15) is 11.6 Å². The highest BCUT2D eigenvalue weighted by molar-refractivity contribution is 7.93. The van der Waals surface area contributed by atoms with Crippen LogP contribution in [-0.2, 0) is 10.0 Å². The highest BCUT2D eigenvalue weighted by Gasteiger charge is 2.25. The monoisotopic (exact) mass is 479 g/mol. The van der Waals surface area contributed by atoms with Gasteiger partial charge in [-0.15, -0.1) is 0 Å². The van der Waals surface area contributed by atoms with Crippen LogP contribution in [0.1, 0.15) is 50.9 Å². The number of aliphatic hydroxyl groups excluding tert-OH is 1. The van der Waals surface area contributed by atoms with Crippen molar-refractivity contribution in [1.29, 1.82) is 0 Å². The number of rotatable bonds is 12. The molecule has 1 unspecified atom stereocenters. The third kappa shape index (κ3) is 8.84. The number of anilines is 2. The van der Waals surface area contributed by atoms with Crippen molar-refractivity contribution >= 4 is 27.6 Å². The number of carbonyl (C=O) groups excluding carboxylic acids is 1. The Morgan fingerprint density at radius 2 is 1.91 bits per heavy atom. The first-order valence-electron chi connectivity index (χ1n) is 11.4. The molecular formula is C23H37N5O4S. The van der Waals surface area contributed by atoms with Crippen LogP contribution in [0.25, 0.3) is 0 Å². The van der Waals surface area contributed by atoms with Gasteiger partial charge in [0, 0.05) is 38.2 Å². The van der Waals surface area contributed by atoms with Crippen LogP contribution in [0.15, 0.2) is 12.1 Å². The molecule has 0 bridgehead atoms. The predicted molar refractivity (Wildman–Crippen MR) is 132 cm³/mol. The Labute approximate surface area is 197 Å². The first kappa shape index (κ1) is 26.9. The van der Waals surface area contributed by atoms with E-state index >= 15 is 0 Å². The lowest BCUT2D eigenvalue weighted by Crippen LogP contribution is -2.38. The van der Waals surface area contributed by atoms with E-state index in [-0.39, 0.29) is 17.9 Å². The van der Waals surface area contributed by atoms with Gasteiger partial charge in [-0.3, -0.25) is 9.10 Å². The zero-order valence-electron chi connectivity index (χ0n) is 20.2. The fourth-order valence-corrected chi connectivity index (χ4v) is 3.75. The number of nitrogens with one attached hydrogen (secondary N) is 3. The van der Waals surface area contributed by atoms with Crippen LogP contribution >= 0.6 is 0 Å². The van der Waals surface area contributed by atoms with Crippen LogP contribution in [0.5, 0.6) is 0 Å². The molecule has 184 valence electrons. The van der Waals surface area contributed by atoms with Gasteiger partial charge in [0.2, 0.25) is 10.0 Å². The van der Waals surface area contributed by atoms with Crippen molar-refractivity contribution in [3.63, 3.8) is 0 Å². The largest absolute Gasteiger partial charge is 0.390 e. The van der Waals surface area contributed by atoms with Crippen LogP contribution < -0.4 is 20.3 Å². The summed E-state index contributed by atoms with van der Waals surface area (Å²) in [6, 6.07) is 3.02. The zero-order chi connectivity index (χ0) is 24.6. The van der Waals surface area contributed by atoms with Gasteiger partial charge in [-0.1, -0.05) is 25.7 Å². The van der Waals surface area contributed by atoms with Crippen molar-refractivity contribution in [3.05, 3.63) is 17.7 Å². The number of aliphatic hydroxyl groups is 1. The molecule has 1 aliphatic rings. The quantitative estimate of drug-likeness (QED) is 0.264. The zero-order valence-corrected chi connectivity index (χ0v) is 21.0. The molecule has 0 aliphatic heterocycles. The van der Waals surface area contributed by atoms with Gasteiger partial charge >= 0.3 is 0 Å². The average Bonchev–Trinajstić information content (AvgIpc) is 3.59. The van der Waals surface area contributed by atoms with Gasteiger partial charge in [0.25, 0.3) is 5.91 Å². The van der Waals surface area contributed by atoms with Crippen molar-refractivity contribution in [2.75, 3.05) is 42.8 Å². The molecule has 1 fully saturated rings. The van der Waals surface area contributed by atoms with Gasteiger partial charge in [-0.25, -0.2) is 13.4 Å². The Balaban J connectivity index is 2.05. The standard InChI is InChI=1S/C23H37N5O4S/c1-16(2)13-25-21-11-19(12-22(27-21)28(5)33(31,32)17(3)4)23(30)26-15-20(29)14-24-10-6-7-18-8-9-18/h11-12,16-18,20,24,29H,8-10,13-15H2,1-5H3,(H,25,27)(H,26,30). The fraction of sp³-hybridized carbons (Fsp3) is 0.652. The third-order valence-electron chi connectivity index (χ3n) is 5.04. The molecule has 1 heterocycles. The Morgan fingerprint density at radius 3 is 2.52 bits per heavy atom. The van der Waals surface area contributed by atoms with Gasteiger partial charge in [-0.05, 0) is 44.7 Å². The van der Waals surface area contributed by atoms with Crippen LogP contribution in [-0.4, -0.2) is 69.0 Å². The number of aromatic nitrogens is 1. The number of amides is 1. The SMILES string of the molecule is CC(C)CNc1cc(C(=O)NCC(O)CNCC#CC2CC2)cc(N(C)S(=O)(=O)C(C)C)n1. The molecule has 0 spiro atoms. The van der Waals surface area contributed by atoms with Crippen LogP contribution in [0.4, 0.5) is 11.6 Å². The molecule has 1 aromatic heterocycles. The molecule has 0 aromatic carbocycles. The number of carbonyl (C=O) groups is 1. The van der Waals surface area contributed by atoms with E-state index in [2.05, 4.69) is 32.8 Å². The molecule has 33 heavy (non-hydrogen) atoms. The fourth-order valence-electron chi connectivity index (χ4n) is 2.76. The van der Waals surface area contributed by atoms with Gasteiger partial charge in [-0.2, -0.15) is 0 Å². The number of pyridine rings is 1. The summed E-state index contributed by atoms with van der Waals surface area (Å²) in [6.07, 6.45) is 1.57. The Morgan fingerprint density at radius 1 is 1.21 bits per heavy atom. The minimum absolute atomic E-state index is 0.0500. The maximum atomic E-state index is 12.8. The molecule has 4 N–H and O–H groups in total. The maximum Gasteiger partial charge on any atom is 0.251 e. The van der Waals surface area contributed by atoms with Crippen molar-refractivity contribution in [1.82, 2.24) is 15.6 Å². The van der Waals surface area contributed by atoms with Crippen LogP contribution in [0.2, 0.25) is 0 Å². The van der Waals surface area contributed by atoms with E-state index in [1.807, 2.05) is 13.8 Å². The van der Waals surface area contributed by atoms with E-state index in [1.54, 1.807) is 19.9 Å². The van der Waals surface area contributed by atoms with Crippen molar-refractivity contribution in [2.45, 2.75) is 51.9 Å². The first-order chi connectivity index (χ1) is 15.5. The van der Waals surface area contributed by atoms with Gasteiger partial charge in [0.15, 0.2) is 0 Å². The van der Waals surface area contributed by atoms with Crippen LogP contribution in [0, 0.1) is 23.7 Å². The van der Waals surface area contributed by atoms with Crippen molar-refractivity contribution < 1.29 is 18.3 Å². The summed E-state index contributed by atoms with van der Waals surface area (Å²) in [7, 11) is -2.19. The van der Waals surface area contributed by atoms with E-state index < -0.39 is 27.3 Å². The van der Waals surface area contributed by atoms with Gasteiger partial charge in [0.05, 0.1) is 17.9 Å². The molecule has 1 atom stereocenters.